The van der Waals surface area contributed by atoms with Crippen LogP contribution in [0.3, 0.4) is 0 Å². The summed E-state index contributed by atoms with van der Waals surface area (Å²) in [4.78, 5) is 0. The number of rotatable bonds is 4. The highest BCUT2D eigenvalue weighted by atomic mass is 15.2. The van der Waals surface area contributed by atoms with Crippen LogP contribution in [0.5, 0.6) is 0 Å². The lowest BCUT2D eigenvalue weighted by Gasteiger charge is -2.29. The summed E-state index contributed by atoms with van der Waals surface area (Å²) in [6, 6.07) is 0.616. The fourth-order valence-electron chi connectivity index (χ4n) is 2.37. The first-order chi connectivity index (χ1) is 5.81. The van der Waals surface area contributed by atoms with Crippen LogP contribution in [0, 0.1) is 17.8 Å². The zero-order chi connectivity index (χ0) is 8.55. The second-order valence-electron chi connectivity index (χ2n) is 4.68. The average Bonchev–Trinajstić information content (AvgIpc) is 2.65. The van der Waals surface area contributed by atoms with Crippen molar-refractivity contribution in [3.8, 4) is 0 Å². The van der Waals surface area contributed by atoms with Gasteiger partial charge in [0.15, 0.2) is 0 Å². The topological polar surface area (TPSA) is 38.0 Å². The van der Waals surface area contributed by atoms with Gasteiger partial charge in [-0.15, -0.1) is 0 Å². The third-order valence-electron chi connectivity index (χ3n) is 3.71. The smallest absolute Gasteiger partial charge is 0.0244 e. The van der Waals surface area contributed by atoms with Gasteiger partial charge in [-0.25, -0.2) is 0 Å². The lowest BCUT2D eigenvalue weighted by Crippen LogP contribution is -2.39. The van der Waals surface area contributed by atoms with E-state index in [2.05, 4.69) is 12.3 Å². The quantitative estimate of drug-likeness (QED) is 0.495. The number of nitrogens with two attached hydrogens (primary N) is 1. The second-order valence-corrected chi connectivity index (χ2v) is 4.68. The van der Waals surface area contributed by atoms with Gasteiger partial charge in [0.2, 0.25) is 0 Å². The number of nitrogens with one attached hydrogen (secondary N) is 1. The molecule has 2 saturated carbocycles. The molecule has 70 valence electrons. The third-order valence-corrected chi connectivity index (χ3v) is 3.71. The molecule has 0 amide bonds. The Morgan fingerprint density at radius 3 is 2.50 bits per heavy atom. The number of hydrogen-bond acceptors (Lipinski definition) is 2. The van der Waals surface area contributed by atoms with Crippen LogP contribution >= 0.6 is 0 Å². The maximum atomic E-state index is 5.55. The molecule has 3 atom stereocenters. The monoisotopic (exact) mass is 168 g/mol. The van der Waals surface area contributed by atoms with Crippen molar-refractivity contribution >= 4 is 0 Å². The molecular weight excluding hydrogens is 148 g/mol. The molecule has 2 heteroatoms. The molecule has 2 nitrogen and oxygen atoms in total. The summed E-state index contributed by atoms with van der Waals surface area (Å²) in [7, 11) is 0. The molecule has 2 aliphatic carbocycles. The van der Waals surface area contributed by atoms with Crippen LogP contribution in [0.1, 0.15) is 39.0 Å². The molecule has 0 radical (unpaired) electrons. The van der Waals surface area contributed by atoms with Gasteiger partial charge in [0, 0.05) is 6.04 Å². The second kappa shape index (κ2) is 3.35. The summed E-state index contributed by atoms with van der Waals surface area (Å²) in [5.41, 5.74) is 2.99. The maximum absolute atomic E-state index is 5.55. The molecular formula is C10H20N2. The Labute approximate surface area is 74.9 Å². The maximum Gasteiger partial charge on any atom is 0.0244 e. The molecule has 0 aromatic heterocycles. The largest absolute Gasteiger partial charge is 0.271 e. The highest BCUT2D eigenvalue weighted by Gasteiger charge is 2.40. The van der Waals surface area contributed by atoms with Gasteiger partial charge in [0.1, 0.15) is 0 Å². The van der Waals surface area contributed by atoms with Crippen LogP contribution in [0.4, 0.5) is 0 Å². The van der Waals surface area contributed by atoms with Crippen LogP contribution in [-0.2, 0) is 0 Å². The Bertz CT molecular complexity index is 154. The van der Waals surface area contributed by atoms with E-state index in [1.165, 1.54) is 32.1 Å². The SMILES string of the molecule is CC1CC1C(CC1CCC1)NN. The molecule has 0 saturated heterocycles. The fourth-order valence-corrected chi connectivity index (χ4v) is 2.37. The van der Waals surface area contributed by atoms with Gasteiger partial charge in [-0.05, 0) is 30.6 Å². The first-order valence-electron chi connectivity index (χ1n) is 5.27. The highest BCUT2D eigenvalue weighted by Crippen LogP contribution is 2.44. The number of hydrogen-bond donors (Lipinski definition) is 2. The molecule has 3 unspecified atom stereocenters. The first-order valence-corrected chi connectivity index (χ1v) is 5.27. The molecule has 12 heavy (non-hydrogen) atoms. The normalized spacial score (nSPS) is 37.5. The van der Waals surface area contributed by atoms with E-state index in [1.54, 1.807) is 0 Å². The predicted octanol–water partition coefficient (Wildman–Crippen LogP) is 1.66. The van der Waals surface area contributed by atoms with Crippen molar-refractivity contribution in [1.29, 1.82) is 0 Å². The van der Waals surface area contributed by atoms with Crippen molar-refractivity contribution in [2.45, 2.75) is 45.1 Å². The van der Waals surface area contributed by atoms with Gasteiger partial charge >= 0.3 is 0 Å². The van der Waals surface area contributed by atoms with Crippen molar-refractivity contribution in [3.05, 3.63) is 0 Å². The Kier molecular flexibility index (Phi) is 2.37. The van der Waals surface area contributed by atoms with Crippen LogP contribution in [-0.4, -0.2) is 6.04 Å². The van der Waals surface area contributed by atoms with Crippen molar-refractivity contribution < 1.29 is 0 Å². The number of hydrazine groups is 1. The third kappa shape index (κ3) is 1.64. The van der Waals surface area contributed by atoms with E-state index in [9.17, 15) is 0 Å². The standard InChI is InChI=1S/C10H20N2/c1-7-5-9(7)10(12-11)6-8-3-2-4-8/h7-10,12H,2-6,11H2,1H3. The molecule has 0 aromatic rings. The molecule has 2 aliphatic rings. The summed E-state index contributed by atoms with van der Waals surface area (Å²) < 4.78 is 0. The minimum Gasteiger partial charge on any atom is -0.271 e. The van der Waals surface area contributed by atoms with Gasteiger partial charge in [-0.2, -0.15) is 0 Å². The summed E-state index contributed by atoms with van der Waals surface area (Å²) >= 11 is 0. The minimum absolute atomic E-state index is 0.616. The van der Waals surface area contributed by atoms with Gasteiger partial charge in [0.25, 0.3) is 0 Å². The van der Waals surface area contributed by atoms with Gasteiger partial charge in [-0.3, -0.25) is 11.3 Å². The molecule has 2 fully saturated rings. The van der Waals surface area contributed by atoms with E-state index >= 15 is 0 Å². The van der Waals surface area contributed by atoms with Gasteiger partial charge in [-0.1, -0.05) is 26.2 Å². The Morgan fingerprint density at radius 1 is 1.50 bits per heavy atom. The molecule has 2 rings (SSSR count). The minimum atomic E-state index is 0.616. The van der Waals surface area contributed by atoms with E-state index in [4.69, 9.17) is 5.84 Å². The van der Waals surface area contributed by atoms with Crippen molar-refractivity contribution in [1.82, 2.24) is 5.43 Å². The Balaban J connectivity index is 1.74. The van der Waals surface area contributed by atoms with Crippen molar-refractivity contribution in [2.24, 2.45) is 23.6 Å². The Morgan fingerprint density at radius 2 is 2.17 bits per heavy atom. The van der Waals surface area contributed by atoms with Crippen LogP contribution in [0.15, 0.2) is 0 Å². The lowest BCUT2D eigenvalue weighted by atomic mass is 9.80. The molecule has 0 aromatic carbocycles. The lowest BCUT2D eigenvalue weighted by molar-refractivity contribution is 0.246. The molecule has 3 N–H and O–H groups in total. The predicted molar refractivity (Wildman–Crippen MR) is 50.3 cm³/mol. The van der Waals surface area contributed by atoms with Crippen LogP contribution in [0.25, 0.3) is 0 Å². The highest BCUT2D eigenvalue weighted by molar-refractivity contribution is 4.93. The van der Waals surface area contributed by atoms with E-state index < -0.39 is 0 Å². The Hall–Kier alpha value is -0.0800. The van der Waals surface area contributed by atoms with E-state index in [1.807, 2.05) is 0 Å². The molecule has 0 bridgehead atoms. The molecule has 0 heterocycles. The van der Waals surface area contributed by atoms with E-state index in [-0.39, 0.29) is 0 Å². The molecule has 0 aliphatic heterocycles. The van der Waals surface area contributed by atoms with Crippen molar-refractivity contribution in [3.63, 3.8) is 0 Å². The van der Waals surface area contributed by atoms with Crippen LogP contribution < -0.4 is 11.3 Å². The van der Waals surface area contributed by atoms with E-state index in [0.717, 1.165) is 17.8 Å². The zero-order valence-electron chi connectivity index (χ0n) is 7.92. The molecule has 0 spiro atoms. The summed E-state index contributed by atoms with van der Waals surface area (Å²) in [6.07, 6.45) is 7.05. The van der Waals surface area contributed by atoms with Crippen LogP contribution in [0.2, 0.25) is 0 Å². The average molecular weight is 168 g/mol. The van der Waals surface area contributed by atoms with Crippen molar-refractivity contribution in [2.75, 3.05) is 0 Å². The summed E-state index contributed by atoms with van der Waals surface area (Å²) in [5, 5.41) is 0. The van der Waals surface area contributed by atoms with Gasteiger partial charge < -0.3 is 0 Å². The zero-order valence-corrected chi connectivity index (χ0v) is 7.92. The summed E-state index contributed by atoms with van der Waals surface area (Å²) in [6.45, 7) is 2.33. The first kappa shape index (κ1) is 8.52. The van der Waals surface area contributed by atoms with Gasteiger partial charge in [0.05, 0.1) is 0 Å². The summed E-state index contributed by atoms with van der Waals surface area (Å²) in [5.74, 6) is 8.35. The van der Waals surface area contributed by atoms with E-state index in [0.29, 0.717) is 6.04 Å². The fraction of sp³-hybridized carbons (Fsp3) is 1.00.